The quantitative estimate of drug-likeness (QED) is 0.586. The van der Waals surface area contributed by atoms with E-state index in [4.69, 9.17) is 5.73 Å². The highest BCUT2D eigenvalue weighted by Crippen LogP contribution is 2.20. The van der Waals surface area contributed by atoms with Gasteiger partial charge in [0.05, 0.1) is 5.69 Å². The molecule has 0 fully saturated rings. The minimum atomic E-state index is -0.0255. The number of carbonyl (C=O) groups excluding carboxylic acids is 1. The standard InChI is InChI=1S/C10H14N2OS/c1-7(11)3-4-8-9(6-13)12(2)5-10(8)14/h3-7,14H,11H2,1-2H3/b4-3-. The highest BCUT2D eigenvalue weighted by atomic mass is 32.1. The fourth-order valence-electron chi connectivity index (χ4n) is 1.21. The summed E-state index contributed by atoms with van der Waals surface area (Å²) < 4.78 is 1.75. The predicted molar refractivity (Wildman–Crippen MR) is 60.7 cm³/mol. The number of hydrogen-bond acceptors (Lipinski definition) is 3. The van der Waals surface area contributed by atoms with Crippen LogP contribution in [0.1, 0.15) is 23.0 Å². The molecule has 4 heteroatoms. The van der Waals surface area contributed by atoms with Crippen molar-refractivity contribution in [1.82, 2.24) is 4.57 Å². The summed E-state index contributed by atoms with van der Waals surface area (Å²) in [6, 6.07) is -0.0255. The number of aldehydes is 1. The molecular weight excluding hydrogens is 196 g/mol. The minimum Gasteiger partial charge on any atom is -0.347 e. The van der Waals surface area contributed by atoms with Crippen LogP contribution in [0.15, 0.2) is 17.2 Å². The fourth-order valence-corrected chi connectivity index (χ4v) is 1.57. The third-order valence-corrected chi connectivity index (χ3v) is 2.28. The maximum Gasteiger partial charge on any atom is 0.167 e. The van der Waals surface area contributed by atoms with Crippen molar-refractivity contribution in [3.8, 4) is 0 Å². The van der Waals surface area contributed by atoms with Gasteiger partial charge in [0.1, 0.15) is 0 Å². The van der Waals surface area contributed by atoms with Gasteiger partial charge in [-0.3, -0.25) is 4.79 Å². The van der Waals surface area contributed by atoms with Crippen molar-refractivity contribution in [3.63, 3.8) is 0 Å². The Labute approximate surface area is 89.0 Å². The number of carbonyl (C=O) groups is 1. The van der Waals surface area contributed by atoms with Gasteiger partial charge >= 0.3 is 0 Å². The lowest BCUT2D eigenvalue weighted by atomic mass is 10.2. The maximum absolute atomic E-state index is 10.8. The summed E-state index contributed by atoms with van der Waals surface area (Å²) in [6.07, 6.45) is 6.28. The summed E-state index contributed by atoms with van der Waals surface area (Å²) in [5.74, 6) is 0. The van der Waals surface area contributed by atoms with E-state index in [0.717, 1.165) is 16.7 Å². The zero-order chi connectivity index (χ0) is 10.7. The first-order valence-corrected chi connectivity index (χ1v) is 4.78. The van der Waals surface area contributed by atoms with E-state index in [2.05, 4.69) is 12.6 Å². The lowest BCUT2D eigenvalue weighted by Gasteiger charge is -1.97. The van der Waals surface area contributed by atoms with Crippen molar-refractivity contribution in [1.29, 1.82) is 0 Å². The molecule has 0 aliphatic heterocycles. The van der Waals surface area contributed by atoms with Gasteiger partial charge in [-0.15, -0.1) is 12.6 Å². The molecule has 0 aliphatic carbocycles. The molecule has 0 radical (unpaired) electrons. The molecule has 1 aromatic rings. The van der Waals surface area contributed by atoms with Crippen LogP contribution >= 0.6 is 12.6 Å². The summed E-state index contributed by atoms with van der Waals surface area (Å²) in [4.78, 5) is 11.6. The first kappa shape index (κ1) is 11.1. The first-order valence-electron chi connectivity index (χ1n) is 4.33. The van der Waals surface area contributed by atoms with E-state index in [1.165, 1.54) is 0 Å². The molecule has 2 N–H and O–H groups in total. The zero-order valence-electron chi connectivity index (χ0n) is 8.27. The smallest absolute Gasteiger partial charge is 0.167 e. The highest BCUT2D eigenvalue weighted by molar-refractivity contribution is 7.80. The zero-order valence-corrected chi connectivity index (χ0v) is 9.16. The Morgan fingerprint density at radius 2 is 2.29 bits per heavy atom. The SMILES string of the molecule is CC(N)/C=C\c1c(S)cn(C)c1C=O. The van der Waals surface area contributed by atoms with E-state index in [-0.39, 0.29) is 6.04 Å². The van der Waals surface area contributed by atoms with E-state index < -0.39 is 0 Å². The fraction of sp³-hybridized carbons (Fsp3) is 0.300. The monoisotopic (exact) mass is 210 g/mol. The van der Waals surface area contributed by atoms with Crippen LogP contribution in [0.3, 0.4) is 0 Å². The second kappa shape index (κ2) is 4.48. The number of aryl methyl sites for hydroxylation is 1. The molecule has 0 bridgehead atoms. The summed E-state index contributed by atoms with van der Waals surface area (Å²) >= 11 is 4.27. The number of nitrogens with zero attached hydrogens (tertiary/aromatic N) is 1. The number of thiol groups is 1. The van der Waals surface area contributed by atoms with E-state index in [0.29, 0.717) is 5.69 Å². The molecule has 0 saturated heterocycles. The van der Waals surface area contributed by atoms with Crippen molar-refractivity contribution >= 4 is 25.0 Å². The van der Waals surface area contributed by atoms with Crippen LogP contribution in [0.4, 0.5) is 0 Å². The summed E-state index contributed by atoms with van der Waals surface area (Å²) in [5, 5.41) is 0. The number of nitrogens with two attached hydrogens (primary N) is 1. The molecule has 76 valence electrons. The Balaban J connectivity index is 3.12. The van der Waals surface area contributed by atoms with Crippen LogP contribution in [0.25, 0.3) is 6.08 Å². The van der Waals surface area contributed by atoms with Gasteiger partial charge in [-0.05, 0) is 6.92 Å². The number of rotatable bonds is 3. The Hall–Kier alpha value is -1.00. The molecular formula is C10H14N2OS. The van der Waals surface area contributed by atoms with Crippen molar-refractivity contribution < 1.29 is 4.79 Å². The van der Waals surface area contributed by atoms with E-state index in [9.17, 15) is 4.79 Å². The minimum absolute atomic E-state index is 0.0255. The van der Waals surface area contributed by atoms with Crippen molar-refractivity contribution in [2.24, 2.45) is 12.8 Å². The van der Waals surface area contributed by atoms with E-state index in [1.807, 2.05) is 26.1 Å². The summed E-state index contributed by atoms with van der Waals surface area (Å²) in [6.45, 7) is 1.87. The van der Waals surface area contributed by atoms with Crippen molar-refractivity contribution in [2.75, 3.05) is 0 Å². The number of aromatic nitrogens is 1. The van der Waals surface area contributed by atoms with Gasteiger partial charge in [0.2, 0.25) is 0 Å². The van der Waals surface area contributed by atoms with Crippen molar-refractivity contribution in [3.05, 3.63) is 23.5 Å². The summed E-state index contributed by atoms with van der Waals surface area (Å²) in [7, 11) is 1.81. The number of hydrogen-bond donors (Lipinski definition) is 2. The third-order valence-electron chi connectivity index (χ3n) is 1.93. The van der Waals surface area contributed by atoms with Crippen LogP contribution < -0.4 is 5.73 Å². The second-order valence-electron chi connectivity index (χ2n) is 3.26. The Morgan fingerprint density at radius 1 is 1.64 bits per heavy atom. The van der Waals surface area contributed by atoms with Crippen LogP contribution in [0.2, 0.25) is 0 Å². The average Bonchev–Trinajstić information content (AvgIpc) is 2.36. The van der Waals surface area contributed by atoms with Gasteiger partial charge in [0.15, 0.2) is 6.29 Å². The van der Waals surface area contributed by atoms with Gasteiger partial charge in [-0.2, -0.15) is 0 Å². The molecule has 0 aromatic carbocycles. The lowest BCUT2D eigenvalue weighted by molar-refractivity contribution is 0.111. The topological polar surface area (TPSA) is 48.0 Å². The Morgan fingerprint density at radius 3 is 2.79 bits per heavy atom. The molecule has 0 amide bonds. The lowest BCUT2D eigenvalue weighted by Crippen LogP contribution is -2.10. The van der Waals surface area contributed by atoms with E-state index in [1.54, 1.807) is 10.8 Å². The van der Waals surface area contributed by atoms with Gasteiger partial charge < -0.3 is 10.3 Å². The van der Waals surface area contributed by atoms with Gasteiger partial charge in [-0.1, -0.05) is 12.2 Å². The average molecular weight is 210 g/mol. The first-order chi connectivity index (χ1) is 6.56. The van der Waals surface area contributed by atoms with Crippen LogP contribution in [0.5, 0.6) is 0 Å². The Kier molecular flexibility index (Phi) is 3.55. The van der Waals surface area contributed by atoms with Crippen LogP contribution in [-0.2, 0) is 7.05 Å². The molecule has 1 unspecified atom stereocenters. The molecule has 3 nitrogen and oxygen atoms in total. The molecule has 1 rings (SSSR count). The molecule has 1 aromatic heterocycles. The maximum atomic E-state index is 10.8. The van der Waals surface area contributed by atoms with Crippen molar-refractivity contribution in [2.45, 2.75) is 17.9 Å². The van der Waals surface area contributed by atoms with Gasteiger partial charge in [0, 0.05) is 29.7 Å². The van der Waals surface area contributed by atoms with Crippen LogP contribution in [-0.4, -0.2) is 16.9 Å². The normalized spacial score (nSPS) is 13.4. The Bertz CT molecular complexity index is 366. The largest absolute Gasteiger partial charge is 0.347 e. The molecule has 0 saturated carbocycles. The predicted octanol–water partition coefficient (Wildman–Crippen LogP) is 1.49. The van der Waals surface area contributed by atoms with E-state index >= 15 is 0 Å². The molecule has 0 spiro atoms. The highest BCUT2D eigenvalue weighted by Gasteiger charge is 2.07. The van der Waals surface area contributed by atoms with Gasteiger partial charge in [-0.25, -0.2) is 0 Å². The molecule has 1 atom stereocenters. The molecule has 14 heavy (non-hydrogen) atoms. The second-order valence-corrected chi connectivity index (χ2v) is 3.74. The van der Waals surface area contributed by atoms with Gasteiger partial charge in [0.25, 0.3) is 0 Å². The summed E-state index contributed by atoms with van der Waals surface area (Å²) in [5.41, 5.74) is 7.02. The third kappa shape index (κ3) is 2.27. The van der Waals surface area contributed by atoms with Crippen LogP contribution in [0, 0.1) is 0 Å². The molecule has 0 aliphatic rings. The molecule has 1 heterocycles.